The van der Waals surface area contributed by atoms with E-state index in [2.05, 4.69) is 9.98 Å². The van der Waals surface area contributed by atoms with Crippen LogP contribution in [0.15, 0.2) is 41.7 Å². The van der Waals surface area contributed by atoms with Gasteiger partial charge in [-0.05, 0) is 37.6 Å². The lowest BCUT2D eigenvalue weighted by molar-refractivity contribution is -0.146. The van der Waals surface area contributed by atoms with Gasteiger partial charge < -0.3 is 14.0 Å². The zero-order valence-corrected chi connectivity index (χ0v) is 19.7. The van der Waals surface area contributed by atoms with Crippen LogP contribution in [0.4, 0.5) is 13.2 Å². The minimum atomic E-state index is -4.65. The second-order valence-electron chi connectivity index (χ2n) is 7.59. The summed E-state index contributed by atoms with van der Waals surface area (Å²) in [5, 5.41) is 0. The van der Waals surface area contributed by atoms with Crippen molar-refractivity contribution < 1.29 is 32.2 Å². The van der Waals surface area contributed by atoms with E-state index in [1.165, 1.54) is 18.3 Å². The normalized spacial score (nSPS) is 13.2. The lowest BCUT2D eigenvalue weighted by atomic mass is 10.1. The number of ether oxygens (including phenoxy) is 2. The maximum Gasteiger partial charge on any atom is 0.416 e. The molecule has 2 heterocycles. The van der Waals surface area contributed by atoms with E-state index >= 15 is 0 Å². The van der Waals surface area contributed by atoms with Crippen molar-refractivity contribution in [2.75, 3.05) is 6.61 Å². The van der Waals surface area contributed by atoms with Gasteiger partial charge in [0.15, 0.2) is 4.80 Å². The molecule has 3 rings (SSSR count). The molecule has 0 aliphatic rings. The van der Waals surface area contributed by atoms with Crippen LogP contribution < -0.4 is 9.54 Å². The fraction of sp³-hybridized carbons (Fsp3) is 0.391. The van der Waals surface area contributed by atoms with Gasteiger partial charge in [-0.1, -0.05) is 24.7 Å². The number of esters is 1. The molecule has 1 aromatic carbocycles. The van der Waals surface area contributed by atoms with Crippen LogP contribution in [-0.2, 0) is 22.3 Å². The lowest BCUT2D eigenvalue weighted by Gasteiger charge is -2.16. The van der Waals surface area contributed by atoms with Gasteiger partial charge in [-0.3, -0.25) is 14.6 Å². The fourth-order valence-corrected chi connectivity index (χ4v) is 4.23. The van der Waals surface area contributed by atoms with Crippen molar-refractivity contribution in [3.8, 4) is 5.75 Å². The monoisotopic (exact) mass is 495 g/mol. The molecule has 34 heavy (non-hydrogen) atoms. The molecule has 2 aromatic heterocycles. The molecule has 0 saturated heterocycles. The first-order valence-electron chi connectivity index (χ1n) is 10.6. The molecule has 3 aromatic rings. The van der Waals surface area contributed by atoms with Crippen LogP contribution in [0.3, 0.4) is 0 Å². The smallest absolute Gasteiger partial charge is 0.416 e. The Morgan fingerprint density at radius 3 is 2.71 bits per heavy atom. The predicted octanol–water partition coefficient (Wildman–Crippen LogP) is 4.99. The van der Waals surface area contributed by atoms with E-state index in [4.69, 9.17) is 9.47 Å². The molecular formula is C23H24F3N3O4S. The highest BCUT2D eigenvalue weighted by atomic mass is 32.1. The van der Waals surface area contributed by atoms with Crippen LogP contribution in [0.5, 0.6) is 5.75 Å². The maximum atomic E-state index is 13.3. The Bertz CT molecular complexity index is 1250. The molecule has 0 aliphatic heterocycles. The Morgan fingerprint density at radius 2 is 2.03 bits per heavy atom. The average Bonchev–Trinajstić information content (AvgIpc) is 3.11. The first-order chi connectivity index (χ1) is 16.1. The molecule has 0 saturated carbocycles. The molecule has 0 spiro atoms. The Balaban J connectivity index is 2.04. The summed E-state index contributed by atoms with van der Waals surface area (Å²) in [5.74, 6) is -1.47. The summed E-state index contributed by atoms with van der Waals surface area (Å²) in [6.45, 7) is 5.27. The van der Waals surface area contributed by atoms with Gasteiger partial charge in [-0.15, -0.1) is 0 Å². The molecule has 0 N–H and O–H groups in total. The lowest BCUT2D eigenvalue weighted by Crippen LogP contribution is -2.22. The van der Waals surface area contributed by atoms with E-state index in [9.17, 15) is 22.8 Å². The molecule has 0 bridgehead atoms. The summed E-state index contributed by atoms with van der Waals surface area (Å²) in [7, 11) is 0. The number of nitrogens with zero attached hydrogens (tertiary/aromatic N) is 3. The summed E-state index contributed by atoms with van der Waals surface area (Å²) in [5.41, 5.74) is -0.531. The van der Waals surface area contributed by atoms with Crippen LogP contribution in [0, 0.1) is 0 Å². The number of unbranched alkanes of at least 4 members (excludes halogenated alkanes) is 1. The first kappa shape index (κ1) is 25.4. The number of hydrogen-bond acceptors (Lipinski definition) is 6. The first-order valence-corrected chi connectivity index (χ1v) is 11.5. The summed E-state index contributed by atoms with van der Waals surface area (Å²) in [6.07, 6.45) is -0.287. The zero-order valence-electron chi connectivity index (χ0n) is 18.9. The number of aryl methyl sites for hydroxylation is 1. The highest BCUT2D eigenvalue weighted by Crippen LogP contribution is 2.33. The van der Waals surface area contributed by atoms with Gasteiger partial charge >= 0.3 is 12.1 Å². The number of pyridine rings is 1. The quantitative estimate of drug-likeness (QED) is 0.411. The molecule has 0 radical (unpaired) electrons. The van der Waals surface area contributed by atoms with E-state index in [1.54, 1.807) is 25.4 Å². The number of carbonyl (C=O) groups excluding carboxylic acids is 2. The SMILES string of the molecule is CCCCn1c(=NC(=O)c2cc(C(F)(F)F)ccc2OC[C@H](C)OC(C)=O)sc2ccncc21. The van der Waals surface area contributed by atoms with Crippen molar-refractivity contribution in [1.82, 2.24) is 9.55 Å². The van der Waals surface area contributed by atoms with Crippen molar-refractivity contribution in [2.45, 2.75) is 52.4 Å². The van der Waals surface area contributed by atoms with Gasteiger partial charge in [0.1, 0.15) is 18.5 Å². The molecule has 0 fully saturated rings. The van der Waals surface area contributed by atoms with Crippen molar-refractivity contribution in [1.29, 1.82) is 0 Å². The van der Waals surface area contributed by atoms with E-state index < -0.39 is 29.7 Å². The number of alkyl halides is 3. The maximum absolute atomic E-state index is 13.3. The zero-order chi connectivity index (χ0) is 24.9. The van der Waals surface area contributed by atoms with Crippen molar-refractivity contribution >= 4 is 33.4 Å². The standard InChI is InChI=1S/C23H24F3N3O4S/c1-4-5-10-29-18-12-27-9-8-20(18)34-22(29)28-21(31)17-11-16(23(24,25)26)6-7-19(17)32-13-14(2)33-15(3)30/h6-9,11-12,14H,4-5,10,13H2,1-3H3/t14-/m0/s1. The van der Waals surface area contributed by atoms with Gasteiger partial charge in [0.05, 0.1) is 27.5 Å². The summed E-state index contributed by atoms with van der Waals surface area (Å²) in [4.78, 5) is 32.9. The Labute approximate surface area is 197 Å². The number of fused-ring (bicyclic) bond motifs is 1. The molecule has 182 valence electrons. The van der Waals surface area contributed by atoms with Gasteiger partial charge in [-0.2, -0.15) is 18.2 Å². The number of hydrogen-bond donors (Lipinski definition) is 0. The summed E-state index contributed by atoms with van der Waals surface area (Å²) < 4.78 is 53.2. The van der Waals surface area contributed by atoms with Crippen LogP contribution in [0.1, 0.15) is 49.5 Å². The summed E-state index contributed by atoms with van der Waals surface area (Å²) >= 11 is 1.25. The average molecular weight is 496 g/mol. The Morgan fingerprint density at radius 1 is 1.26 bits per heavy atom. The van der Waals surface area contributed by atoms with Crippen LogP contribution in [-0.4, -0.2) is 34.1 Å². The largest absolute Gasteiger partial charge is 0.489 e. The van der Waals surface area contributed by atoms with Crippen LogP contribution in [0.25, 0.3) is 10.2 Å². The molecule has 1 atom stereocenters. The minimum absolute atomic E-state index is 0.0800. The second kappa shape index (κ2) is 10.8. The molecule has 0 aliphatic carbocycles. The summed E-state index contributed by atoms with van der Waals surface area (Å²) in [6, 6.07) is 4.42. The fourth-order valence-electron chi connectivity index (χ4n) is 3.21. The van der Waals surface area contributed by atoms with Gasteiger partial charge in [-0.25, -0.2) is 0 Å². The highest BCUT2D eigenvalue weighted by molar-refractivity contribution is 7.16. The molecular weight excluding hydrogens is 471 g/mol. The van der Waals surface area contributed by atoms with Crippen molar-refractivity contribution in [2.24, 2.45) is 4.99 Å². The van der Waals surface area contributed by atoms with Gasteiger partial charge in [0.25, 0.3) is 5.91 Å². The predicted molar refractivity (Wildman–Crippen MR) is 121 cm³/mol. The van der Waals surface area contributed by atoms with E-state index in [0.717, 1.165) is 41.3 Å². The second-order valence-corrected chi connectivity index (χ2v) is 8.60. The number of carbonyl (C=O) groups is 2. The minimum Gasteiger partial charge on any atom is -0.489 e. The number of thiazole rings is 1. The number of rotatable bonds is 8. The molecule has 1 amide bonds. The van der Waals surface area contributed by atoms with E-state index in [-0.39, 0.29) is 17.9 Å². The number of halogens is 3. The van der Waals surface area contributed by atoms with Crippen LogP contribution >= 0.6 is 11.3 Å². The third kappa shape index (κ3) is 6.22. The highest BCUT2D eigenvalue weighted by Gasteiger charge is 2.32. The Hall–Kier alpha value is -3.21. The van der Waals surface area contributed by atoms with Crippen LogP contribution in [0.2, 0.25) is 0 Å². The molecule has 7 nitrogen and oxygen atoms in total. The van der Waals surface area contributed by atoms with E-state index in [1.807, 2.05) is 11.5 Å². The number of aromatic nitrogens is 2. The van der Waals surface area contributed by atoms with Crippen molar-refractivity contribution in [3.05, 3.63) is 52.6 Å². The Kier molecular flexibility index (Phi) is 8.08. The van der Waals surface area contributed by atoms with Gasteiger partial charge in [0, 0.05) is 19.7 Å². The topological polar surface area (TPSA) is 82.8 Å². The number of amides is 1. The van der Waals surface area contributed by atoms with E-state index in [0.29, 0.717) is 11.3 Å². The van der Waals surface area contributed by atoms with Crippen molar-refractivity contribution in [3.63, 3.8) is 0 Å². The molecule has 11 heteroatoms. The third-order valence-electron chi connectivity index (χ3n) is 4.79. The van der Waals surface area contributed by atoms with Gasteiger partial charge in [0.2, 0.25) is 0 Å². The molecule has 0 unspecified atom stereocenters. The number of benzene rings is 1. The third-order valence-corrected chi connectivity index (χ3v) is 5.85.